The molecule has 1 unspecified atom stereocenters. The van der Waals surface area contributed by atoms with E-state index >= 15 is 0 Å². The first-order chi connectivity index (χ1) is 16.5. The summed E-state index contributed by atoms with van der Waals surface area (Å²) in [6, 6.07) is 7.32. The SMILES string of the molecule is CC1CN(C(=O)c2ccccn2)CCN1C(=O)C(=O)c1c[nH]c2c(-c3nn[nH]n3)ccc(F)c12. The van der Waals surface area contributed by atoms with E-state index in [0.29, 0.717) is 11.3 Å². The van der Waals surface area contributed by atoms with Crippen molar-refractivity contribution in [3.05, 3.63) is 59.8 Å². The molecule has 172 valence electrons. The minimum absolute atomic E-state index is 0.0164. The van der Waals surface area contributed by atoms with Crippen LogP contribution in [0.4, 0.5) is 4.39 Å². The predicted molar refractivity (Wildman–Crippen MR) is 117 cm³/mol. The number of halogens is 1. The van der Waals surface area contributed by atoms with Crippen molar-refractivity contribution < 1.29 is 18.8 Å². The number of ketones is 1. The smallest absolute Gasteiger partial charge is 0.295 e. The molecule has 0 spiro atoms. The molecule has 11 nitrogen and oxygen atoms in total. The minimum Gasteiger partial charge on any atom is -0.360 e. The number of hydrogen-bond acceptors (Lipinski definition) is 7. The van der Waals surface area contributed by atoms with Gasteiger partial charge in [0.05, 0.1) is 11.1 Å². The molecule has 1 aromatic carbocycles. The molecule has 1 aliphatic heterocycles. The van der Waals surface area contributed by atoms with Crippen molar-refractivity contribution in [2.75, 3.05) is 19.6 Å². The normalized spacial score (nSPS) is 16.1. The molecule has 1 atom stereocenters. The Morgan fingerprint density at radius 1 is 1.15 bits per heavy atom. The van der Waals surface area contributed by atoms with Crippen molar-refractivity contribution in [1.82, 2.24) is 40.4 Å². The highest BCUT2D eigenvalue weighted by Crippen LogP contribution is 2.30. The summed E-state index contributed by atoms with van der Waals surface area (Å²) in [6.45, 7) is 2.43. The van der Waals surface area contributed by atoms with Crippen molar-refractivity contribution in [2.24, 2.45) is 0 Å². The van der Waals surface area contributed by atoms with Crippen molar-refractivity contribution in [3.63, 3.8) is 0 Å². The van der Waals surface area contributed by atoms with Gasteiger partial charge in [-0.25, -0.2) is 4.39 Å². The zero-order valence-corrected chi connectivity index (χ0v) is 18.0. The van der Waals surface area contributed by atoms with Crippen molar-refractivity contribution >= 4 is 28.5 Å². The number of amides is 2. The van der Waals surface area contributed by atoms with E-state index < -0.39 is 23.5 Å². The molecule has 2 N–H and O–H groups in total. The number of fused-ring (bicyclic) bond motifs is 1. The first-order valence-corrected chi connectivity index (χ1v) is 10.5. The largest absolute Gasteiger partial charge is 0.360 e. The zero-order chi connectivity index (χ0) is 23.8. The number of nitrogens with one attached hydrogen (secondary N) is 2. The number of aromatic amines is 2. The summed E-state index contributed by atoms with van der Waals surface area (Å²) in [5, 5.41) is 13.6. The van der Waals surface area contributed by atoms with Gasteiger partial charge in [0.15, 0.2) is 0 Å². The van der Waals surface area contributed by atoms with Crippen LogP contribution in [0.2, 0.25) is 0 Å². The van der Waals surface area contributed by atoms with Crippen LogP contribution in [-0.4, -0.2) is 83.7 Å². The van der Waals surface area contributed by atoms with E-state index in [-0.39, 0.29) is 47.8 Å². The lowest BCUT2D eigenvalue weighted by atomic mass is 10.0. The Kier molecular flexibility index (Phi) is 5.32. The molecule has 3 aromatic heterocycles. The van der Waals surface area contributed by atoms with Gasteiger partial charge >= 0.3 is 0 Å². The third-order valence-electron chi connectivity index (χ3n) is 5.87. The molecule has 0 aliphatic carbocycles. The lowest BCUT2D eigenvalue weighted by molar-refractivity contribution is -0.130. The Labute approximate surface area is 192 Å². The first kappa shape index (κ1) is 21.4. The fourth-order valence-corrected chi connectivity index (χ4v) is 4.19. The van der Waals surface area contributed by atoms with E-state index in [0.717, 1.165) is 0 Å². The average Bonchev–Trinajstić information content (AvgIpc) is 3.55. The maximum Gasteiger partial charge on any atom is 0.295 e. The maximum absolute atomic E-state index is 14.7. The monoisotopic (exact) mass is 462 g/mol. The van der Waals surface area contributed by atoms with Crippen LogP contribution in [0.15, 0.2) is 42.7 Å². The van der Waals surface area contributed by atoms with E-state index in [1.807, 2.05) is 0 Å². The third-order valence-corrected chi connectivity index (χ3v) is 5.87. The Bertz CT molecular complexity index is 1390. The second-order valence-corrected chi connectivity index (χ2v) is 7.93. The van der Waals surface area contributed by atoms with Crippen LogP contribution in [0.5, 0.6) is 0 Å². The van der Waals surface area contributed by atoms with Crippen molar-refractivity contribution in [2.45, 2.75) is 13.0 Å². The number of pyridine rings is 1. The Hall–Kier alpha value is -4.48. The van der Waals surface area contributed by atoms with E-state index in [1.165, 1.54) is 23.2 Å². The average molecular weight is 462 g/mol. The van der Waals surface area contributed by atoms with Gasteiger partial charge in [-0.1, -0.05) is 6.07 Å². The molecular formula is C22H19FN8O3. The van der Waals surface area contributed by atoms with Gasteiger partial charge in [0.2, 0.25) is 5.82 Å². The highest BCUT2D eigenvalue weighted by atomic mass is 19.1. The number of nitrogens with zero attached hydrogens (tertiary/aromatic N) is 6. The molecule has 12 heteroatoms. The quantitative estimate of drug-likeness (QED) is 0.345. The summed E-state index contributed by atoms with van der Waals surface area (Å²) in [6.07, 6.45) is 2.85. The summed E-state index contributed by atoms with van der Waals surface area (Å²) in [5.41, 5.74) is 0.960. The number of aromatic nitrogens is 6. The van der Waals surface area contributed by atoms with Crippen LogP contribution in [-0.2, 0) is 4.79 Å². The van der Waals surface area contributed by atoms with Gasteiger partial charge in [-0.2, -0.15) is 5.21 Å². The van der Waals surface area contributed by atoms with Gasteiger partial charge in [-0.3, -0.25) is 19.4 Å². The van der Waals surface area contributed by atoms with Gasteiger partial charge in [0, 0.05) is 49.0 Å². The number of H-pyrrole nitrogens is 2. The molecule has 2 amide bonds. The lowest BCUT2D eigenvalue weighted by Gasteiger charge is -2.39. The van der Waals surface area contributed by atoms with Crippen molar-refractivity contribution in [3.8, 4) is 11.4 Å². The summed E-state index contributed by atoms with van der Waals surface area (Å²) in [4.78, 5) is 48.9. The van der Waals surface area contributed by atoms with Crippen LogP contribution in [0.1, 0.15) is 27.8 Å². The fourth-order valence-electron chi connectivity index (χ4n) is 4.19. The Morgan fingerprint density at radius 2 is 2.00 bits per heavy atom. The predicted octanol–water partition coefficient (Wildman–Crippen LogP) is 1.44. The standard InChI is InChI=1S/C22H19FN8O3/c1-12-11-30(21(33)16-4-2-3-7-24-16)8-9-31(12)22(34)19(32)14-10-25-18-13(20-26-28-29-27-20)5-6-15(23)17(14)18/h2-7,10,12,25H,8-9,11H2,1H3,(H,26,27,28,29). The van der Waals surface area contributed by atoms with Gasteiger partial charge < -0.3 is 14.8 Å². The van der Waals surface area contributed by atoms with E-state index in [2.05, 4.69) is 30.6 Å². The minimum atomic E-state index is -0.841. The van der Waals surface area contributed by atoms with Gasteiger partial charge in [-0.05, 0) is 36.4 Å². The highest BCUT2D eigenvalue weighted by Gasteiger charge is 2.35. The summed E-state index contributed by atoms with van der Waals surface area (Å²) in [7, 11) is 0. The molecule has 0 bridgehead atoms. The van der Waals surface area contributed by atoms with Crippen LogP contribution < -0.4 is 0 Å². The van der Waals surface area contributed by atoms with Crippen molar-refractivity contribution in [1.29, 1.82) is 0 Å². The Balaban J connectivity index is 1.37. The van der Waals surface area contributed by atoms with Crippen LogP contribution >= 0.6 is 0 Å². The molecule has 0 radical (unpaired) electrons. The number of Topliss-reactive ketones (excluding diaryl/α,β-unsaturated/α-hetero) is 1. The molecule has 1 fully saturated rings. The number of rotatable bonds is 4. The maximum atomic E-state index is 14.7. The number of tetrazole rings is 1. The van der Waals surface area contributed by atoms with Gasteiger partial charge in [0.1, 0.15) is 11.5 Å². The molecular weight excluding hydrogens is 443 g/mol. The summed E-state index contributed by atoms with van der Waals surface area (Å²) in [5.74, 6) is -2.27. The molecule has 4 heterocycles. The summed E-state index contributed by atoms with van der Waals surface area (Å²) >= 11 is 0. The second-order valence-electron chi connectivity index (χ2n) is 7.93. The van der Waals surface area contributed by atoms with E-state index in [9.17, 15) is 18.8 Å². The second kappa shape index (κ2) is 8.46. The molecule has 0 saturated carbocycles. The van der Waals surface area contributed by atoms with Gasteiger partial charge in [-0.15, -0.1) is 10.2 Å². The zero-order valence-electron chi connectivity index (χ0n) is 18.0. The van der Waals surface area contributed by atoms with E-state index in [4.69, 9.17) is 0 Å². The first-order valence-electron chi connectivity index (χ1n) is 10.5. The number of hydrogen-bond donors (Lipinski definition) is 2. The fraction of sp³-hybridized carbons (Fsp3) is 0.227. The van der Waals surface area contributed by atoms with Gasteiger partial charge in [0.25, 0.3) is 17.6 Å². The van der Waals surface area contributed by atoms with Crippen LogP contribution in [0, 0.1) is 5.82 Å². The lowest BCUT2D eigenvalue weighted by Crippen LogP contribution is -2.56. The molecule has 4 aromatic rings. The third kappa shape index (κ3) is 3.58. The number of carbonyl (C=O) groups is 3. The number of benzene rings is 1. The summed E-state index contributed by atoms with van der Waals surface area (Å²) < 4.78 is 14.7. The molecule has 1 saturated heterocycles. The molecule has 5 rings (SSSR count). The van der Waals surface area contributed by atoms with E-state index in [1.54, 1.807) is 36.2 Å². The molecule has 1 aliphatic rings. The molecule has 34 heavy (non-hydrogen) atoms. The number of carbonyl (C=O) groups excluding carboxylic acids is 3. The van der Waals surface area contributed by atoms with Crippen LogP contribution in [0.3, 0.4) is 0 Å². The number of piperazine rings is 1. The Morgan fingerprint density at radius 3 is 2.71 bits per heavy atom. The highest BCUT2D eigenvalue weighted by molar-refractivity contribution is 6.45. The van der Waals surface area contributed by atoms with Crippen LogP contribution in [0.25, 0.3) is 22.3 Å². The topological polar surface area (TPSA) is 141 Å².